The highest BCUT2D eigenvalue weighted by Crippen LogP contribution is 2.29. The molecule has 9 nitrogen and oxygen atoms in total. The molecule has 0 fully saturated rings. The molecular weight excluding hydrogens is 414 g/mol. The molecule has 0 atom stereocenters. The van der Waals surface area contributed by atoms with E-state index in [9.17, 15) is 18.0 Å². The van der Waals surface area contributed by atoms with Gasteiger partial charge in [0.1, 0.15) is 4.88 Å². The zero-order chi connectivity index (χ0) is 19.6. The van der Waals surface area contributed by atoms with E-state index < -0.39 is 22.0 Å². The van der Waals surface area contributed by atoms with Crippen molar-refractivity contribution in [3.63, 3.8) is 0 Å². The second-order valence-corrected chi connectivity index (χ2v) is 8.57. The third kappa shape index (κ3) is 4.07. The molecule has 1 aromatic carbocycles. The van der Waals surface area contributed by atoms with Crippen molar-refractivity contribution < 1.29 is 27.5 Å². The number of benzene rings is 1. The lowest BCUT2D eigenvalue weighted by Crippen LogP contribution is -2.13. The highest BCUT2D eigenvalue weighted by atomic mass is 32.2. The van der Waals surface area contributed by atoms with Gasteiger partial charge in [0.2, 0.25) is 5.13 Å². The molecule has 0 aliphatic heterocycles. The first-order valence-corrected chi connectivity index (χ1v) is 10.6. The number of sulfonamides is 1. The highest BCUT2D eigenvalue weighted by Gasteiger charge is 2.20. The van der Waals surface area contributed by atoms with E-state index in [-0.39, 0.29) is 22.5 Å². The first kappa shape index (κ1) is 19.2. The molecule has 12 heteroatoms. The van der Waals surface area contributed by atoms with Gasteiger partial charge in [-0.15, -0.1) is 11.3 Å². The number of carbonyl (C=O) groups excluding carboxylic acids is 2. The summed E-state index contributed by atoms with van der Waals surface area (Å²) < 4.78 is 41.3. The van der Waals surface area contributed by atoms with Crippen molar-refractivity contribution in [1.82, 2.24) is 9.36 Å². The van der Waals surface area contributed by atoms with Crippen molar-refractivity contribution in [1.29, 1.82) is 0 Å². The van der Waals surface area contributed by atoms with Gasteiger partial charge in [0.05, 0.1) is 18.6 Å². The van der Waals surface area contributed by atoms with E-state index in [1.54, 1.807) is 19.1 Å². The average molecular weight is 427 g/mol. The summed E-state index contributed by atoms with van der Waals surface area (Å²) in [5.41, 5.74) is 0. The van der Waals surface area contributed by atoms with Crippen LogP contribution in [0.2, 0.25) is 0 Å². The van der Waals surface area contributed by atoms with Gasteiger partial charge in [0, 0.05) is 16.2 Å². The van der Waals surface area contributed by atoms with Crippen molar-refractivity contribution in [2.75, 3.05) is 18.4 Å². The molecule has 142 valence electrons. The van der Waals surface area contributed by atoms with Crippen LogP contribution < -0.4 is 4.72 Å². The maximum absolute atomic E-state index is 12.6. The summed E-state index contributed by atoms with van der Waals surface area (Å²) in [6.45, 7) is 1.96. The number of hydrogen-bond acceptors (Lipinski definition) is 10. The molecule has 0 unspecified atom stereocenters. The molecule has 1 N–H and O–H groups in total. The van der Waals surface area contributed by atoms with Gasteiger partial charge < -0.3 is 9.47 Å². The van der Waals surface area contributed by atoms with Gasteiger partial charge in [-0.2, -0.15) is 9.36 Å². The van der Waals surface area contributed by atoms with E-state index in [4.69, 9.17) is 4.74 Å². The second kappa shape index (κ2) is 7.58. The Kier molecular flexibility index (Phi) is 5.39. The molecular formula is C15H13N3O6S3. The number of ether oxygens (including phenoxy) is 2. The number of hydrogen-bond donors (Lipinski definition) is 1. The number of nitrogens with one attached hydrogen (secondary N) is 1. The Hall–Kier alpha value is -2.57. The summed E-state index contributed by atoms with van der Waals surface area (Å²) >= 11 is 1.94. The number of nitrogens with zero attached hydrogens (tertiary/aromatic N) is 2. The normalized spacial score (nSPS) is 11.3. The number of carbonyl (C=O) groups is 2. The molecule has 27 heavy (non-hydrogen) atoms. The molecule has 3 rings (SSSR count). The summed E-state index contributed by atoms with van der Waals surface area (Å²) in [4.78, 5) is 27.3. The second-order valence-electron chi connectivity index (χ2n) is 5.05. The lowest BCUT2D eigenvalue weighted by molar-refractivity contribution is 0.0530. The maximum Gasteiger partial charge on any atom is 0.377 e. The van der Waals surface area contributed by atoms with Crippen LogP contribution in [0.3, 0.4) is 0 Å². The van der Waals surface area contributed by atoms with Crippen LogP contribution in [-0.4, -0.2) is 43.4 Å². The molecule has 0 saturated heterocycles. The smallest absolute Gasteiger partial charge is 0.377 e. The molecule has 0 bridgehead atoms. The summed E-state index contributed by atoms with van der Waals surface area (Å²) in [6, 6.07) is 6.05. The van der Waals surface area contributed by atoms with Crippen LogP contribution in [0.1, 0.15) is 27.2 Å². The van der Waals surface area contributed by atoms with Crippen molar-refractivity contribution in [3.05, 3.63) is 35.0 Å². The number of thiophene rings is 1. The van der Waals surface area contributed by atoms with E-state index in [0.717, 1.165) is 16.2 Å². The van der Waals surface area contributed by atoms with E-state index in [1.165, 1.54) is 30.6 Å². The monoisotopic (exact) mass is 427 g/mol. The Morgan fingerprint density at radius 2 is 2.00 bits per heavy atom. The van der Waals surface area contributed by atoms with Crippen molar-refractivity contribution in [2.24, 2.45) is 0 Å². The molecule has 0 amide bonds. The van der Waals surface area contributed by atoms with Crippen LogP contribution >= 0.6 is 22.9 Å². The van der Waals surface area contributed by atoms with E-state index in [0.29, 0.717) is 10.3 Å². The average Bonchev–Trinajstić information content (AvgIpc) is 3.27. The number of aromatic nitrogens is 2. The number of esters is 2. The van der Waals surface area contributed by atoms with Crippen molar-refractivity contribution in [3.8, 4) is 0 Å². The van der Waals surface area contributed by atoms with Crippen LogP contribution in [0, 0.1) is 0 Å². The van der Waals surface area contributed by atoms with Crippen LogP contribution in [0.5, 0.6) is 0 Å². The first-order valence-electron chi connectivity index (χ1n) is 7.49. The summed E-state index contributed by atoms with van der Waals surface area (Å²) in [5.74, 6) is -1.44. The SMILES string of the molecule is CCOC(=O)c1cc2cc(S(=O)(=O)Nc3nc(C(=O)OC)ns3)ccc2s1. The molecule has 0 radical (unpaired) electrons. The Labute approximate surface area is 162 Å². The molecule has 0 aliphatic carbocycles. The fraction of sp³-hybridized carbons (Fsp3) is 0.200. The molecule has 0 aliphatic rings. The van der Waals surface area contributed by atoms with Crippen LogP contribution in [-0.2, 0) is 19.5 Å². The summed E-state index contributed by atoms with van der Waals surface area (Å²) in [6.07, 6.45) is 0. The fourth-order valence-electron chi connectivity index (χ4n) is 2.10. The number of rotatable bonds is 6. The van der Waals surface area contributed by atoms with Crippen LogP contribution in [0.25, 0.3) is 10.1 Å². The minimum Gasteiger partial charge on any atom is -0.463 e. The minimum atomic E-state index is -3.95. The van der Waals surface area contributed by atoms with E-state index >= 15 is 0 Å². The first-order chi connectivity index (χ1) is 12.8. The van der Waals surface area contributed by atoms with Gasteiger partial charge in [-0.25, -0.2) is 18.0 Å². The van der Waals surface area contributed by atoms with Crippen molar-refractivity contribution in [2.45, 2.75) is 11.8 Å². The molecule has 3 aromatic rings. The Morgan fingerprint density at radius 3 is 2.70 bits per heavy atom. The van der Waals surface area contributed by atoms with Crippen molar-refractivity contribution >= 4 is 60.0 Å². The Morgan fingerprint density at radius 1 is 1.22 bits per heavy atom. The predicted octanol–water partition coefficient (Wildman–Crippen LogP) is 2.52. The minimum absolute atomic E-state index is 0.0157. The lowest BCUT2D eigenvalue weighted by Gasteiger charge is -2.04. The Bertz CT molecular complexity index is 1120. The molecule has 2 heterocycles. The van der Waals surface area contributed by atoms with Crippen LogP contribution in [0.4, 0.5) is 5.13 Å². The summed E-state index contributed by atoms with van der Waals surface area (Å²) in [5, 5.41) is 0.534. The number of anilines is 1. The molecule has 2 aromatic heterocycles. The maximum atomic E-state index is 12.6. The largest absolute Gasteiger partial charge is 0.463 e. The van der Waals surface area contributed by atoms with Gasteiger partial charge in [0.25, 0.3) is 15.8 Å². The predicted molar refractivity (Wildman–Crippen MR) is 99.8 cm³/mol. The molecule has 0 saturated carbocycles. The van der Waals surface area contributed by atoms with Gasteiger partial charge in [-0.1, -0.05) is 0 Å². The lowest BCUT2D eigenvalue weighted by atomic mass is 10.2. The number of methoxy groups -OCH3 is 1. The number of fused-ring (bicyclic) bond motifs is 1. The van der Waals surface area contributed by atoms with E-state index in [2.05, 4.69) is 18.8 Å². The zero-order valence-electron chi connectivity index (χ0n) is 14.1. The molecule has 0 spiro atoms. The van der Waals surface area contributed by atoms with Gasteiger partial charge in [0.15, 0.2) is 0 Å². The van der Waals surface area contributed by atoms with Crippen LogP contribution in [0.15, 0.2) is 29.2 Å². The van der Waals surface area contributed by atoms with Gasteiger partial charge in [-0.3, -0.25) is 4.72 Å². The topological polar surface area (TPSA) is 125 Å². The zero-order valence-corrected chi connectivity index (χ0v) is 16.5. The Balaban J connectivity index is 1.87. The quantitative estimate of drug-likeness (QED) is 0.595. The third-order valence-electron chi connectivity index (χ3n) is 3.29. The van der Waals surface area contributed by atoms with Gasteiger partial charge >= 0.3 is 11.9 Å². The third-order valence-corrected chi connectivity index (χ3v) is 6.48. The standard InChI is InChI=1S/C15H13N3O6S3/c1-3-24-13(19)11-7-8-6-9(4-5-10(8)25-11)27(21,22)18-15-16-12(17-26-15)14(20)23-2/h4-7H,3H2,1-2H3,(H,16,17,18). The highest BCUT2D eigenvalue weighted by molar-refractivity contribution is 7.93. The van der Waals surface area contributed by atoms with E-state index in [1.807, 2.05) is 0 Å². The fourth-order valence-corrected chi connectivity index (χ4v) is 4.86. The summed E-state index contributed by atoms with van der Waals surface area (Å²) in [7, 11) is -2.78. The van der Waals surface area contributed by atoms with Gasteiger partial charge in [-0.05, 0) is 36.6 Å².